The first kappa shape index (κ1) is 19.7. The Balaban J connectivity index is 1.44. The van der Waals surface area contributed by atoms with E-state index in [4.69, 9.17) is 11.6 Å². The van der Waals surface area contributed by atoms with Crippen LogP contribution in [0.25, 0.3) is 0 Å². The van der Waals surface area contributed by atoms with Crippen LogP contribution < -0.4 is 9.80 Å². The summed E-state index contributed by atoms with van der Waals surface area (Å²) in [5, 5.41) is 0.756. The second kappa shape index (κ2) is 6.74. The third-order valence-corrected chi connectivity index (χ3v) is 8.11. The van der Waals surface area contributed by atoms with Crippen LogP contribution in [0.5, 0.6) is 0 Å². The van der Waals surface area contributed by atoms with E-state index < -0.39 is 5.41 Å². The minimum atomic E-state index is -0.412. The van der Waals surface area contributed by atoms with Gasteiger partial charge in [-0.1, -0.05) is 38.4 Å². The number of carbonyl (C=O) groups excluding carboxylic acids is 2. The lowest BCUT2D eigenvalue weighted by Crippen LogP contribution is -3.16. The molecule has 6 heteroatoms. The van der Waals surface area contributed by atoms with E-state index in [0.717, 1.165) is 44.0 Å². The van der Waals surface area contributed by atoms with E-state index in [-0.39, 0.29) is 23.1 Å². The minimum Gasteiger partial charge on any atom is -0.360 e. The number of benzene rings is 1. The van der Waals surface area contributed by atoms with Gasteiger partial charge in [-0.3, -0.25) is 9.59 Å². The molecule has 2 heterocycles. The Kier molecular flexibility index (Phi) is 4.74. The molecule has 2 atom stereocenters. The van der Waals surface area contributed by atoms with Gasteiger partial charge in [0.2, 0.25) is 11.8 Å². The molecule has 0 radical (unpaired) electrons. The van der Waals surface area contributed by atoms with Crippen molar-refractivity contribution in [1.29, 1.82) is 0 Å². The van der Waals surface area contributed by atoms with Gasteiger partial charge in [0.05, 0.1) is 31.6 Å². The Morgan fingerprint density at radius 2 is 1.86 bits per heavy atom. The van der Waals surface area contributed by atoms with Crippen LogP contribution in [0.3, 0.4) is 0 Å². The number of anilines is 1. The molecule has 5 nitrogen and oxygen atoms in total. The zero-order chi connectivity index (χ0) is 20.3. The Labute approximate surface area is 172 Å². The number of carbonyl (C=O) groups is 2. The fourth-order valence-electron chi connectivity index (χ4n) is 5.42. The van der Waals surface area contributed by atoms with Gasteiger partial charge in [0.15, 0.2) is 6.67 Å². The van der Waals surface area contributed by atoms with Crippen molar-refractivity contribution in [3.63, 3.8) is 0 Å². The fourth-order valence-corrected chi connectivity index (χ4v) is 5.59. The lowest BCUT2D eigenvalue weighted by atomic mass is 9.62. The first-order valence-electron chi connectivity index (χ1n) is 10.4. The molecule has 0 aromatic heterocycles. The lowest BCUT2D eigenvalue weighted by Gasteiger charge is -2.48. The Hall–Kier alpha value is -1.59. The summed E-state index contributed by atoms with van der Waals surface area (Å²) in [6.07, 6.45) is 1.66. The summed E-state index contributed by atoms with van der Waals surface area (Å²) in [5.74, 6) is 0.0625. The second-order valence-corrected chi connectivity index (χ2v) is 9.98. The van der Waals surface area contributed by atoms with E-state index in [1.165, 1.54) is 16.2 Å². The van der Waals surface area contributed by atoms with Crippen LogP contribution in [0.15, 0.2) is 18.2 Å². The number of halogens is 1. The monoisotopic (exact) mass is 404 g/mol. The molecule has 152 valence electrons. The van der Waals surface area contributed by atoms with Crippen molar-refractivity contribution in [1.82, 2.24) is 4.90 Å². The number of aryl methyl sites for hydroxylation is 1. The quantitative estimate of drug-likeness (QED) is 0.785. The van der Waals surface area contributed by atoms with Crippen LogP contribution >= 0.6 is 11.6 Å². The number of rotatable bonds is 3. The molecule has 1 saturated carbocycles. The maximum absolute atomic E-state index is 13.2. The van der Waals surface area contributed by atoms with Crippen molar-refractivity contribution < 1.29 is 14.5 Å². The van der Waals surface area contributed by atoms with Gasteiger partial charge in [-0.05, 0) is 42.9 Å². The minimum absolute atomic E-state index is 0.0231. The highest BCUT2D eigenvalue weighted by molar-refractivity contribution is 6.30. The number of fused-ring (bicyclic) bond motifs is 2. The van der Waals surface area contributed by atoms with E-state index in [2.05, 4.69) is 38.7 Å². The van der Waals surface area contributed by atoms with Gasteiger partial charge >= 0.3 is 0 Å². The molecule has 0 unspecified atom stereocenters. The van der Waals surface area contributed by atoms with Crippen LogP contribution in [0.1, 0.15) is 39.2 Å². The maximum Gasteiger partial charge on any atom is 0.240 e. The predicted molar refractivity (Wildman–Crippen MR) is 110 cm³/mol. The molecule has 2 bridgehead atoms. The molecule has 2 aliphatic heterocycles. The molecule has 1 aromatic rings. The topological polar surface area (TPSA) is 45.1 Å². The van der Waals surface area contributed by atoms with Gasteiger partial charge in [-0.15, -0.1) is 0 Å². The number of quaternary nitrogens is 1. The highest BCUT2D eigenvalue weighted by atomic mass is 35.5. The molecular weight excluding hydrogens is 374 g/mol. The summed E-state index contributed by atoms with van der Waals surface area (Å²) in [5.41, 5.74) is 1.76. The molecule has 3 aliphatic rings. The molecular formula is C22H31ClN3O2+. The number of nitrogens with zero attached hydrogens (tertiary/aromatic N) is 2. The van der Waals surface area contributed by atoms with Gasteiger partial charge in [0.1, 0.15) is 0 Å². The summed E-state index contributed by atoms with van der Waals surface area (Å²) in [4.78, 5) is 31.5. The summed E-state index contributed by atoms with van der Waals surface area (Å²) in [6.45, 7) is 12.5. The largest absolute Gasteiger partial charge is 0.360 e. The summed E-state index contributed by atoms with van der Waals surface area (Å²) in [7, 11) is 0. The summed E-state index contributed by atoms with van der Waals surface area (Å²) in [6, 6.07) is 6.01. The number of piperidine rings is 1. The van der Waals surface area contributed by atoms with Crippen molar-refractivity contribution in [2.75, 3.05) is 37.7 Å². The van der Waals surface area contributed by atoms with Gasteiger partial charge < -0.3 is 9.80 Å². The van der Waals surface area contributed by atoms with Gasteiger partial charge in [0, 0.05) is 16.6 Å². The average molecular weight is 405 g/mol. The molecule has 1 aliphatic carbocycles. The normalized spacial score (nSPS) is 30.2. The van der Waals surface area contributed by atoms with Crippen LogP contribution in [0.4, 0.5) is 5.69 Å². The van der Waals surface area contributed by atoms with Crippen molar-refractivity contribution in [3.8, 4) is 0 Å². The SMILES string of the molecule is Cc1ccc(Cl)cc1N1CC[NH+](CN2C(=O)[C@@H]3CC[C@@](C)(C2=O)C3(C)C)CC1. The predicted octanol–water partition coefficient (Wildman–Crippen LogP) is 2.12. The molecule has 4 rings (SSSR count). The van der Waals surface area contributed by atoms with E-state index in [1.807, 2.05) is 12.1 Å². The molecule has 0 spiro atoms. The van der Waals surface area contributed by atoms with Gasteiger partial charge in [0.25, 0.3) is 0 Å². The number of hydrogen-bond acceptors (Lipinski definition) is 3. The average Bonchev–Trinajstić information content (AvgIpc) is 2.85. The lowest BCUT2D eigenvalue weighted by molar-refractivity contribution is -0.908. The third kappa shape index (κ3) is 2.86. The van der Waals surface area contributed by atoms with Gasteiger partial charge in [-0.2, -0.15) is 0 Å². The van der Waals surface area contributed by atoms with Crippen molar-refractivity contribution in [3.05, 3.63) is 28.8 Å². The van der Waals surface area contributed by atoms with Crippen LogP contribution in [-0.2, 0) is 9.59 Å². The number of piperazine rings is 1. The number of imide groups is 1. The van der Waals surface area contributed by atoms with E-state index in [1.54, 1.807) is 4.90 Å². The highest BCUT2D eigenvalue weighted by Gasteiger charge is 2.64. The van der Waals surface area contributed by atoms with E-state index >= 15 is 0 Å². The zero-order valence-electron chi connectivity index (χ0n) is 17.3. The smallest absolute Gasteiger partial charge is 0.240 e. The molecule has 1 aromatic carbocycles. The van der Waals surface area contributed by atoms with Gasteiger partial charge in [-0.25, -0.2) is 4.90 Å². The second-order valence-electron chi connectivity index (χ2n) is 9.54. The molecule has 2 amide bonds. The standard InChI is InChI=1S/C22H30ClN3O2/c1-15-5-6-16(23)13-18(15)25-11-9-24(10-12-25)14-26-19(27)17-7-8-22(4,20(26)28)21(17,2)3/h5-6,13,17H,7-12,14H2,1-4H3/p+1/t17-,22-/m0/s1. The molecule has 2 saturated heterocycles. The van der Waals surface area contributed by atoms with E-state index in [0.29, 0.717) is 6.67 Å². The van der Waals surface area contributed by atoms with Crippen LogP contribution in [-0.4, -0.2) is 49.6 Å². The fraction of sp³-hybridized carbons (Fsp3) is 0.636. The number of hydrogen-bond donors (Lipinski definition) is 1. The maximum atomic E-state index is 13.2. The Morgan fingerprint density at radius 3 is 2.54 bits per heavy atom. The first-order chi connectivity index (χ1) is 13.1. The van der Waals surface area contributed by atoms with E-state index in [9.17, 15) is 9.59 Å². The zero-order valence-corrected chi connectivity index (χ0v) is 18.1. The van der Waals surface area contributed by atoms with Crippen LogP contribution in [0, 0.1) is 23.7 Å². The molecule has 28 heavy (non-hydrogen) atoms. The third-order valence-electron chi connectivity index (χ3n) is 7.87. The highest BCUT2D eigenvalue weighted by Crippen LogP contribution is 2.59. The Bertz CT molecular complexity index is 816. The van der Waals surface area contributed by atoms with Crippen molar-refractivity contribution in [2.24, 2.45) is 16.7 Å². The summed E-state index contributed by atoms with van der Waals surface area (Å²) >= 11 is 6.18. The number of likely N-dealkylation sites (tertiary alicyclic amines) is 1. The Morgan fingerprint density at radius 1 is 1.18 bits per heavy atom. The first-order valence-corrected chi connectivity index (χ1v) is 10.7. The molecule has 1 N–H and O–H groups in total. The van der Waals surface area contributed by atoms with Crippen molar-refractivity contribution in [2.45, 2.75) is 40.5 Å². The van der Waals surface area contributed by atoms with Crippen molar-refractivity contribution >= 4 is 29.1 Å². The molecule has 3 fully saturated rings. The number of amides is 2. The number of nitrogens with one attached hydrogen (secondary N) is 1. The van der Waals surface area contributed by atoms with Crippen LogP contribution in [0.2, 0.25) is 5.02 Å². The summed E-state index contributed by atoms with van der Waals surface area (Å²) < 4.78 is 0.